The van der Waals surface area contributed by atoms with Gasteiger partial charge in [-0.2, -0.15) is 0 Å². The smallest absolute Gasteiger partial charge is 0.226 e. The summed E-state index contributed by atoms with van der Waals surface area (Å²) in [6.07, 6.45) is 3.07. The van der Waals surface area contributed by atoms with Crippen LogP contribution in [0.1, 0.15) is 22.9 Å². The molecule has 0 bridgehead atoms. The van der Waals surface area contributed by atoms with E-state index in [2.05, 4.69) is 44.9 Å². The lowest BCUT2D eigenvalue weighted by atomic mass is 9.94. The molecule has 2 N–H and O–H groups in total. The summed E-state index contributed by atoms with van der Waals surface area (Å²) >= 11 is 1.52. The number of fused-ring (bicyclic) bond motifs is 1. The number of aromatic nitrogens is 2. The van der Waals surface area contributed by atoms with Gasteiger partial charge in [0.25, 0.3) is 0 Å². The summed E-state index contributed by atoms with van der Waals surface area (Å²) in [5.74, 6) is -0.00674. The number of thiazole rings is 1. The van der Waals surface area contributed by atoms with Crippen molar-refractivity contribution in [3.05, 3.63) is 70.9 Å². The molecule has 1 atom stereocenters. The molecule has 0 aliphatic carbocycles. The Morgan fingerprint density at radius 1 is 1.23 bits per heavy atom. The van der Waals surface area contributed by atoms with Crippen molar-refractivity contribution in [3.63, 3.8) is 0 Å². The largest absolute Gasteiger partial charge is 0.354 e. The molecule has 5 nitrogen and oxygen atoms in total. The summed E-state index contributed by atoms with van der Waals surface area (Å²) in [7, 11) is 0. The lowest BCUT2D eigenvalue weighted by molar-refractivity contribution is -0.120. The van der Waals surface area contributed by atoms with Crippen molar-refractivity contribution in [2.45, 2.75) is 18.9 Å². The molecule has 1 aliphatic heterocycles. The van der Waals surface area contributed by atoms with Crippen LogP contribution in [0.4, 0.5) is 0 Å². The second-order valence-corrected chi connectivity index (χ2v) is 7.15. The van der Waals surface area contributed by atoms with Crippen LogP contribution < -0.4 is 10.6 Å². The Kier molecular flexibility index (Phi) is 5.04. The van der Waals surface area contributed by atoms with E-state index in [0.717, 1.165) is 29.4 Å². The minimum atomic E-state index is -0.00674. The third-order valence-electron chi connectivity index (χ3n) is 4.50. The molecule has 0 fully saturated rings. The first-order valence-electron chi connectivity index (χ1n) is 8.73. The lowest BCUT2D eigenvalue weighted by Gasteiger charge is -2.27. The molecular weight excluding hydrogens is 344 g/mol. The number of hydrogen-bond acceptors (Lipinski definition) is 5. The highest BCUT2D eigenvalue weighted by atomic mass is 32.1. The number of rotatable bonds is 5. The molecule has 1 aliphatic rings. The average molecular weight is 364 g/mol. The van der Waals surface area contributed by atoms with E-state index in [4.69, 9.17) is 0 Å². The number of amides is 1. The molecule has 1 amide bonds. The fraction of sp³-hybridized carbons (Fsp3) is 0.250. The second kappa shape index (κ2) is 7.76. The first-order valence-corrected chi connectivity index (χ1v) is 9.61. The van der Waals surface area contributed by atoms with Crippen LogP contribution in [0.3, 0.4) is 0 Å². The molecule has 3 heterocycles. The normalized spacial score (nSPS) is 16.1. The van der Waals surface area contributed by atoms with Gasteiger partial charge in [0.1, 0.15) is 5.01 Å². The van der Waals surface area contributed by atoms with Crippen LogP contribution in [0.5, 0.6) is 0 Å². The van der Waals surface area contributed by atoms with Crippen LogP contribution in [-0.4, -0.2) is 29.0 Å². The van der Waals surface area contributed by atoms with Gasteiger partial charge < -0.3 is 10.6 Å². The minimum Gasteiger partial charge on any atom is -0.354 e. The number of pyridine rings is 1. The van der Waals surface area contributed by atoms with Crippen molar-refractivity contribution in [1.82, 2.24) is 20.6 Å². The van der Waals surface area contributed by atoms with Crippen molar-refractivity contribution in [1.29, 1.82) is 0 Å². The Morgan fingerprint density at radius 2 is 2.12 bits per heavy atom. The van der Waals surface area contributed by atoms with Gasteiger partial charge in [0, 0.05) is 24.2 Å². The molecule has 26 heavy (non-hydrogen) atoms. The van der Waals surface area contributed by atoms with E-state index in [9.17, 15) is 4.79 Å². The molecule has 0 spiro atoms. The van der Waals surface area contributed by atoms with E-state index in [1.54, 1.807) is 6.20 Å². The van der Waals surface area contributed by atoms with Crippen molar-refractivity contribution in [3.8, 4) is 10.7 Å². The highest BCUT2D eigenvalue weighted by Crippen LogP contribution is 2.23. The fourth-order valence-electron chi connectivity index (χ4n) is 3.21. The Bertz CT molecular complexity index is 894. The Morgan fingerprint density at radius 3 is 3.00 bits per heavy atom. The van der Waals surface area contributed by atoms with Crippen LogP contribution in [0.25, 0.3) is 10.7 Å². The van der Waals surface area contributed by atoms with E-state index >= 15 is 0 Å². The average Bonchev–Trinajstić information content (AvgIpc) is 3.15. The van der Waals surface area contributed by atoms with Crippen molar-refractivity contribution < 1.29 is 4.79 Å². The van der Waals surface area contributed by atoms with Crippen molar-refractivity contribution in [2.24, 2.45) is 0 Å². The molecule has 3 aromatic rings. The first-order chi connectivity index (χ1) is 12.8. The summed E-state index contributed by atoms with van der Waals surface area (Å²) in [6, 6.07) is 14.3. The van der Waals surface area contributed by atoms with Crippen molar-refractivity contribution in [2.75, 3.05) is 13.1 Å². The SMILES string of the molecule is O=C(Cc1csc(-c2ccccn2)n1)NCC1NCCc2ccccc21. The third-order valence-corrected chi connectivity index (χ3v) is 5.41. The first kappa shape index (κ1) is 16.9. The Labute approximate surface area is 156 Å². The number of hydrogen-bond donors (Lipinski definition) is 2. The molecule has 1 unspecified atom stereocenters. The van der Waals surface area contributed by atoms with Crippen LogP contribution in [0.2, 0.25) is 0 Å². The molecule has 0 radical (unpaired) electrons. The maximum Gasteiger partial charge on any atom is 0.226 e. The molecule has 4 rings (SSSR count). The minimum absolute atomic E-state index is 0.00674. The zero-order valence-electron chi connectivity index (χ0n) is 14.3. The summed E-state index contributed by atoms with van der Waals surface area (Å²) < 4.78 is 0. The monoisotopic (exact) mass is 364 g/mol. The van der Waals surface area contributed by atoms with Gasteiger partial charge in [-0.15, -0.1) is 11.3 Å². The van der Waals surface area contributed by atoms with E-state index in [1.165, 1.54) is 22.5 Å². The van der Waals surface area contributed by atoms with Crippen LogP contribution in [-0.2, 0) is 17.6 Å². The van der Waals surface area contributed by atoms with Gasteiger partial charge in [0.2, 0.25) is 5.91 Å². The van der Waals surface area contributed by atoms with Gasteiger partial charge in [0.15, 0.2) is 0 Å². The summed E-state index contributed by atoms with van der Waals surface area (Å²) in [5.41, 5.74) is 4.27. The van der Waals surface area contributed by atoms with Crippen LogP contribution >= 0.6 is 11.3 Å². The quantitative estimate of drug-likeness (QED) is 0.731. The van der Waals surface area contributed by atoms with Gasteiger partial charge in [-0.1, -0.05) is 30.3 Å². The van der Waals surface area contributed by atoms with Crippen LogP contribution in [0, 0.1) is 0 Å². The third kappa shape index (κ3) is 3.81. The summed E-state index contributed by atoms with van der Waals surface area (Å²) in [4.78, 5) is 21.2. The van der Waals surface area contributed by atoms with Gasteiger partial charge in [-0.25, -0.2) is 4.98 Å². The zero-order valence-corrected chi connectivity index (χ0v) is 15.1. The highest BCUT2D eigenvalue weighted by molar-refractivity contribution is 7.13. The predicted molar refractivity (Wildman–Crippen MR) is 103 cm³/mol. The maximum absolute atomic E-state index is 12.3. The molecule has 1 aromatic carbocycles. The number of carbonyl (C=O) groups is 1. The highest BCUT2D eigenvalue weighted by Gasteiger charge is 2.19. The topological polar surface area (TPSA) is 66.9 Å². The Balaban J connectivity index is 1.35. The van der Waals surface area contributed by atoms with Gasteiger partial charge >= 0.3 is 0 Å². The fourth-order valence-corrected chi connectivity index (χ4v) is 4.01. The van der Waals surface area contributed by atoms with Gasteiger partial charge in [-0.05, 0) is 36.2 Å². The number of nitrogens with one attached hydrogen (secondary N) is 2. The number of carbonyl (C=O) groups excluding carboxylic acids is 1. The second-order valence-electron chi connectivity index (χ2n) is 6.30. The molecular formula is C20H20N4OS. The molecule has 0 saturated heterocycles. The van der Waals surface area contributed by atoms with Gasteiger partial charge in [-0.3, -0.25) is 9.78 Å². The van der Waals surface area contributed by atoms with Gasteiger partial charge in [0.05, 0.1) is 17.8 Å². The molecule has 132 valence electrons. The number of benzene rings is 1. The Hall–Kier alpha value is -2.57. The standard InChI is InChI=1S/C20H20N4OS/c25-19(11-15-13-26-20(24-15)17-7-3-4-9-21-17)23-12-18-16-6-2-1-5-14(16)8-10-22-18/h1-7,9,13,18,22H,8,10-12H2,(H,23,25). The van der Waals surface area contributed by atoms with E-state index in [-0.39, 0.29) is 18.4 Å². The number of nitrogens with zero attached hydrogens (tertiary/aromatic N) is 2. The lowest BCUT2D eigenvalue weighted by Crippen LogP contribution is -2.39. The molecule has 6 heteroatoms. The summed E-state index contributed by atoms with van der Waals surface area (Å²) in [5, 5.41) is 9.29. The van der Waals surface area contributed by atoms with E-state index in [1.807, 2.05) is 23.6 Å². The van der Waals surface area contributed by atoms with Crippen molar-refractivity contribution >= 4 is 17.2 Å². The predicted octanol–water partition coefficient (Wildman–Crippen LogP) is 2.75. The van der Waals surface area contributed by atoms with E-state index in [0.29, 0.717) is 6.54 Å². The summed E-state index contributed by atoms with van der Waals surface area (Å²) in [6.45, 7) is 1.53. The molecule has 2 aromatic heterocycles. The van der Waals surface area contributed by atoms with E-state index < -0.39 is 0 Å². The van der Waals surface area contributed by atoms with Crippen LogP contribution in [0.15, 0.2) is 54.0 Å². The maximum atomic E-state index is 12.3. The zero-order chi connectivity index (χ0) is 17.8. The molecule has 0 saturated carbocycles.